The predicted octanol–water partition coefficient (Wildman–Crippen LogP) is 2.26. The molecule has 2 aliphatic rings. The monoisotopic (exact) mass is 197 g/mol. The Bertz CT molecular complexity index is 500. The maximum absolute atomic E-state index is 9.34. The fourth-order valence-corrected chi connectivity index (χ4v) is 2.81. The van der Waals surface area contributed by atoms with Crippen molar-refractivity contribution in [3.05, 3.63) is 47.5 Å². The summed E-state index contributed by atoms with van der Waals surface area (Å²) < 4.78 is 5.61. The van der Waals surface area contributed by atoms with E-state index in [4.69, 9.17) is 4.74 Å². The number of benzene rings is 1. The summed E-state index contributed by atoms with van der Waals surface area (Å²) in [7, 11) is 1.71. The van der Waals surface area contributed by atoms with Crippen molar-refractivity contribution in [3.63, 3.8) is 0 Å². The molecular formula is C13H11NO. The SMILES string of the molecule is COC12C=CC(C#N)(C1)c1ccccc12. The van der Waals surface area contributed by atoms with Crippen LogP contribution in [0.4, 0.5) is 0 Å². The Morgan fingerprint density at radius 2 is 2.00 bits per heavy atom. The Kier molecular flexibility index (Phi) is 1.45. The van der Waals surface area contributed by atoms with Crippen molar-refractivity contribution in [3.8, 4) is 6.07 Å². The number of ether oxygens (including phenoxy) is 1. The number of allylic oxidation sites excluding steroid dienone is 1. The minimum absolute atomic E-state index is 0.355. The maximum atomic E-state index is 9.34. The fourth-order valence-electron chi connectivity index (χ4n) is 2.81. The van der Waals surface area contributed by atoms with Crippen molar-refractivity contribution in [2.45, 2.75) is 17.4 Å². The van der Waals surface area contributed by atoms with Crippen LogP contribution in [0.1, 0.15) is 17.5 Å². The van der Waals surface area contributed by atoms with E-state index in [9.17, 15) is 5.26 Å². The van der Waals surface area contributed by atoms with Gasteiger partial charge in [-0.2, -0.15) is 5.26 Å². The summed E-state index contributed by atoms with van der Waals surface area (Å²) in [5.74, 6) is 0. The van der Waals surface area contributed by atoms with E-state index in [0.29, 0.717) is 0 Å². The highest BCUT2D eigenvalue weighted by Crippen LogP contribution is 2.56. The van der Waals surface area contributed by atoms with Gasteiger partial charge in [-0.3, -0.25) is 0 Å². The fraction of sp³-hybridized carbons (Fsp3) is 0.308. The molecular weight excluding hydrogens is 186 g/mol. The minimum atomic E-state index is -0.452. The van der Waals surface area contributed by atoms with Crippen molar-refractivity contribution in [2.24, 2.45) is 0 Å². The zero-order chi connectivity index (χ0) is 10.5. The number of nitrogens with zero attached hydrogens (tertiary/aromatic N) is 1. The van der Waals surface area contributed by atoms with Crippen LogP contribution in [0, 0.1) is 11.3 Å². The van der Waals surface area contributed by atoms with E-state index < -0.39 is 5.41 Å². The normalized spacial score (nSPS) is 35.2. The summed E-state index contributed by atoms with van der Waals surface area (Å²) >= 11 is 0. The lowest BCUT2D eigenvalue weighted by atomic mass is 9.84. The van der Waals surface area contributed by atoms with Crippen LogP contribution in [0.15, 0.2) is 36.4 Å². The van der Waals surface area contributed by atoms with E-state index in [1.165, 1.54) is 0 Å². The van der Waals surface area contributed by atoms with E-state index in [2.05, 4.69) is 12.1 Å². The van der Waals surface area contributed by atoms with E-state index in [1.807, 2.05) is 30.4 Å². The summed E-state index contributed by atoms with van der Waals surface area (Å²) in [4.78, 5) is 0. The summed E-state index contributed by atoms with van der Waals surface area (Å²) in [6, 6.07) is 10.5. The molecule has 0 fully saturated rings. The zero-order valence-corrected chi connectivity index (χ0v) is 8.53. The van der Waals surface area contributed by atoms with Crippen LogP contribution in [0.2, 0.25) is 0 Å². The first-order valence-corrected chi connectivity index (χ1v) is 5.03. The smallest absolute Gasteiger partial charge is 0.113 e. The average Bonchev–Trinajstić information content (AvgIpc) is 2.83. The van der Waals surface area contributed by atoms with E-state index >= 15 is 0 Å². The van der Waals surface area contributed by atoms with Gasteiger partial charge in [0.05, 0.1) is 6.07 Å². The van der Waals surface area contributed by atoms with E-state index in [1.54, 1.807) is 7.11 Å². The van der Waals surface area contributed by atoms with Crippen LogP contribution in [-0.4, -0.2) is 7.11 Å². The molecule has 1 aromatic carbocycles. The summed E-state index contributed by atoms with van der Waals surface area (Å²) in [5, 5.41) is 9.34. The molecule has 0 radical (unpaired) electrons. The highest BCUT2D eigenvalue weighted by Gasteiger charge is 2.55. The van der Waals surface area contributed by atoms with Gasteiger partial charge in [-0.25, -0.2) is 0 Å². The van der Waals surface area contributed by atoms with E-state index in [-0.39, 0.29) is 5.60 Å². The molecule has 3 rings (SSSR count). The van der Waals surface area contributed by atoms with Crippen LogP contribution >= 0.6 is 0 Å². The molecule has 0 spiro atoms. The molecule has 0 aromatic heterocycles. The van der Waals surface area contributed by atoms with Gasteiger partial charge in [0.25, 0.3) is 0 Å². The van der Waals surface area contributed by atoms with Gasteiger partial charge >= 0.3 is 0 Å². The molecule has 0 aliphatic heterocycles. The van der Waals surface area contributed by atoms with Crippen molar-refractivity contribution in [2.75, 3.05) is 7.11 Å². The van der Waals surface area contributed by atoms with Gasteiger partial charge in [-0.1, -0.05) is 36.4 Å². The summed E-state index contributed by atoms with van der Waals surface area (Å²) in [6.45, 7) is 0. The molecule has 0 saturated heterocycles. The van der Waals surface area contributed by atoms with Gasteiger partial charge in [0.1, 0.15) is 11.0 Å². The van der Waals surface area contributed by atoms with Crippen molar-refractivity contribution < 1.29 is 4.74 Å². The second-order valence-corrected chi connectivity index (χ2v) is 4.23. The highest BCUT2D eigenvalue weighted by atomic mass is 16.5. The Labute approximate surface area is 88.8 Å². The third kappa shape index (κ3) is 0.824. The predicted molar refractivity (Wildman–Crippen MR) is 56.2 cm³/mol. The van der Waals surface area contributed by atoms with Crippen LogP contribution < -0.4 is 0 Å². The van der Waals surface area contributed by atoms with Gasteiger partial charge in [-0.15, -0.1) is 0 Å². The molecule has 74 valence electrons. The first-order valence-electron chi connectivity index (χ1n) is 5.03. The Hall–Kier alpha value is -1.59. The lowest BCUT2D eigenvalue weighted by Crippen LogP contribution is -2.21. The van der Waals surface area contributed by atoms with Crippen molar-refractivity contribution in [1.82, 2.24) is 0 Å². The molecule has 15 heavy (non-hydrogen) atoms. The standard InChI is InChI=1S/C13H11NO/c1-15-13-7-6-12(8-13,9-14)10-4-2-3-5-11(10)13/h2-7H,8H2,1H3. The topological polar surface area (TPSA) is 33.0 Å². The summed E-state index contributed by atoms with van der Waals surface area (Å²) in [6.07, 6.45) is 4.74. The third-order valence-corrected chi connectivity index (χ3v) is 3.61. The molecule has 1 aromatic rings. The summed E-state index contributed by atoms with van der Waals surface area (Å²) in [5.41, 5.74) is 1.45. The third-order valence-electron chi connectivity index (χ3n) is 3.61. The molecule has 2 unspecified atom stereocenters. The molecule has 2 aliphatic carbocycles. The molecule has 0 saturated carbocycles. The van der Waals surface area contributed by atoms with E-state index in [0.717, 1.165) is 17.5 Å². The molecule has 2 nitrogen and oxygen atoms in total. The van der Waals surface area contributed by atoms with Crippen LogP contribution in [-0.2, 0) is 15.8 Å². The Morgan fingerprint density at radius 1 is 1.27 bits per heavy atom. The minimum Gasteiger partial charge on any atom is -0.369 e. The average molecular weight is 197 g/mol. The largest absolute Gasteiger partial charge is 0.369 e. The van der Waals surface area contributed by atoms with Gasteiger partial charge in [0, 0.05) is 13.5 Å². The maximum Gasteiger partial charge on any atom is 0.113 e. The quantitative estimate of drug-likeness (QED) is 0.647. The number of hydrogen-bond acceptors (Lipinski definition) is 2. The number of fused-ring (bicyclic) bond motifs is 5. The van der Waals surface area contributed by atoms with Crippen molar-refractivity contribution >= 4 is 0 Å². The van der Waals surface area contributed by atoms with Crippen LogP contribution in [0.5, 0.6) is 0 Å². The van der Waals surface area contributed by atoms with Gasteiger partial charge in [0.15, 0.2) is 0 Å². The number of methoxy groups -OCH3 is 1. The van der Waals surface area contributed by atoms with Gasteiger partial charge in [0.2, 0.25) is 0 Å². The van der Waals surface area contributed by atoms with Crippen LogP contribution in [0.25, 0.3) is 0 Å². The number of hydrogen-bond donors (Lipinski definition) is 0. The Morgan fingerprint density at radius 3 is 2.67 bits per heavy atom. The number of nitriles is 1. The number of rotatable bonds is 1. The Balaban J connectivity index is 2.32. The van der Waals surface area contributed by atoms with Gasteiger partial charge < -0.3 is 4.74 Å². The van der Waals surface area contributed by atoms with Crippen LogP contribution in [0.3, 0.4) is 0 Å². The molecule has 0 amide bonds. The first-order chi connectivity index (χ1) is 7.26. The molecule has 2 heteroatoms. The first kappa shape index (κ1) is 8.70. The molecule has 2 atom stereocenters. The van der Waals surface area contributed by atoms with Crippen molar-refractivity contribution in [1.29, 1.82) is 5.26 Å². The second-order valence-electron chi connectivity index (χ2n) is 4.23. The lowest BCUT2D eigenvalue weighted by Gasteiger charge is -2.23. The second kappa shape index (κ2) is 2.50. The molecule has 0 heterocycles. The van der Waals surface area contributed by atoms with Gasteiger partial charge in [-0.05, 0) is 11.1 Å². The lowest BCUT2D eigenvalue weighted by molar-refractivity contribution is 0.0325. The zero-order valence-electron chi connectivity index (χ0n) is 8.53. The molecule has 2 bridgehead atoms. The highest BCUT2D eigenvalue weighted by molar-refractivity contribution is 5.58. The molecule has 0 N–H and O–H groups in total.